The highest BCUT2D eigenvalue weighted by Crippen LogP contribution is 2.30. The first-order chi connectivity index (χ1) is 8.56. The van der Waals surface area contributed by atoms with Gasteiger partial charge in [0.1, 0.15) is 0 Å². The van der Waals surface area contributed by atoms with E-state index in [1.54, 1.807) is 0 Å². The molecule has 1 heterocycles. The molecule has 1 aliphatic rings. The van der Waals surface area contributed by atoms with E-state index >= 15 is 0 Å². The minimum Gasteiger partial charge on any atom is -0.393 e. The summed E-state index contributed by atoms with van der Waals surface area (Å²) in [6.45, 7) is 11.8. The summed E-state index contributed by atoms with van der Waals surface area (Å²) in [5.41, 5.74) is 5.02. The monoisotopic (exact) mass is 250 g/mol. The lowest BCUT2D eigenvalue weighted by atomic mass is 10.00. The highest BCUT2D eigenvalue weighted by atomic mass is 16.5. The van der Waals surface area contributed by atoms with Crippen molar-refractivity contribution in [1.82, 2.24) is 0 Å². The Kier molecular flexibility index (Phi) is 6.42. The van der Waals surface area contributed by atoms with Gasteiger partial charge in [-0.25, -0.2) is 0 Å². The van der Waals surface area contributed by atoms with Crippen molar-refractivity contribution >= 4 is 0 Å². The Balaban J connectivity index is 2.31. The number of hydrogen-bond acceptors (Lipinski definition) is 2. The van der Waals surface area contributed by atoms with Crippen LogP contribution in [0.4, 0.5) is 0 Å². The van der Waals surface area contributed by atoms with E-state index in [0.29, 0.717) is 12.5 Å². The molecule has 0 amide bonds. The summed E-state index contributed by atoms with van der Waals surface area (Å²) in [7, 11) is 0. The minimum absolute atomic E-state index is 0.143. The largest absolute Gasteiger partial charge is 0.393 e. The molecule has 0 aromatic rings. The van der Waals surface area contributed by atoms with Crippen LogP contribution in [0.1, 0.15) is 52.4 Å². The molecule has 0 aromatic carbocycles. The normalized spacial score (nSPS) is 24.9. The number of aliphatic hydroxyl groups excluding tert-OH is 1. The molecular weight excluding hydrogens is 224 g/mol. The maximum Gasteiger partial charge on any atom is 0.0788 e. The van der Waals surface area contributed by atoms with Gasteiger partial charge in [0.2, 0.25) is 0 Å². The van der Waals surface area contributed by atoms with E-state index in [9.17, 15) is 5.11 Å². The SMILES string of the molecule is C=C=C(C)C[C@@H](O)CC[C@@H]1O[C@@H](CCC)CC1=C. The number of ether oxygens (including phenoxy) is 1. The summed E-state index contributed by atoms with van der Waals surface area (Å²) in [5, 5.41) is 9.89. The van der Waals surface area contributed by atoms with Gasteiger partial charge in [-0.2, -0.15) is 0 Å². The number of rotatable bonds is 7. The fourth-order valence-corrected chi connectivity index (χ4v) is 2.44. The second kappa shape index (κ2) is 7.58. The average Bonchev–Trinajstić information content (AvgIpc) is 2.67. The molecule has 1 aliphatic heterocycles. The van der Waals surface area contributed by atoms with Crippen molar-refractivity contribution in [2.45, 2.75) is 70.7 Å². The first-order valence-electron chi connectivity index (χ1n) is 6.93. The highest BCUT2D eigenvalue weighted by Gasteiger charge is 2.28. The molecule has 2 heteroatoms. The Bertz CT molecular complexity index is 326. The van der Waals surface area contributed by atoms with Gasteiger partial charge in [-0.05, 0) is 43.8 Å². The average molecular weight is 250 g/mol. The second-order valence-corrected chi connectivity index (χ2v) is 5.29. The molecule has 0 aliphatic carbocycles. The number of aliphatic hydroxyl groups is 1. The molecule has 1 fully saturated rings. The maximum absolute atomic E-state index is 9.89. The molecule has 0 radical (unpaired) electrons. The Hall–Kier alpha value is -0.820. The summed E-state index contributed by atoms with van der Waals surface area (Å²) in [6, 6.07) is 0. The lowest BCUT2D eigenvalue weighted by Crippen LogP contribution is -2.15. The molecular formula is C16H26O2. The van der Waals surface area contributed by atoms with Crippen LogP contribution in [0.2, 0.25) is 0 Å². The Morgan fingerprint density at radius 1 is 1.56 bits per heavy atom. The molecule has 3 atom stereocenters. The quantitative estimate of drug-likeness (QED) is 0.550. The molecule has 0 unspecified atom stereocenters. The van der Waals surface area contributed by atoms with Gasteiger partial charge in [0.25, 0.3) is 0 Å². The van der Waals surface area contributed by atoms with E-state index in [2.05, 4.69) is 25.8 Å². The number of hydrogen-bond donors (Lipinski definition) is 1. The third-order valence-corrected chi connectivity index (χ3v) is 3.52. The van der Waals surface area contributed by atoms with Crippen LogP contribution in [0.15, 0.2) is 30.0 Å². The third-order valence-electron chi connectivity index (χ3n) is 3.52. The van der Waals surface area contributed by atoms with Crippen molar-refractivity contribution in [2.24, 2.45) is 0 Å². The topological polar surface area (TPSA) is 29.5 Å². The Morgan fingerprint density at radius 2 is 2.28 bits per heavy atom. The lowest BCUT2D eigenvalue weighted by Gasteiger charge is -2.16. The lowest BCUT2D eigenvalue weighted by molar-refractivity contribution is 0.0337. The van der Waals surface area contributed by atoms with Crippen molar-refractivity contribution in [1.29, 1.82) is 0 Å². The van der Waals surface area contributed by atoms with Gasteiger partial charge in [-0.1, -0.05) is 26.5 Å². The predicted octanol–water partition coefficient (Wildman–Crippen LogP) is 3.76. The summed E-state index contributed by atoms with van der Waals surface area (Å²) in [4.78, 5) is 0. The van der Waals surface area contributed by atoms with Gasteiger partial charge in [0.15, 0.2) is 0 Å². The van der Waals surface area contributed by atoms with Gasteiger partial charge >= 0.3 is 0 Å². The van der Waals surface area contributed by atoms with Crippen molar-refractivity contribution < 1.29 is 9.84 Å². The van der Waals surface area contributed by atoms with E-state index in [-0.39, 0.29) is 12.2 Å². The van der Waals surface area contributed by atoms with Crippen molar-refractivity contribution in [3.63, 3.8) is 0 Å². The van der Waals surface area contributed by atoms with Crippen molar-refractivity contribution in [2.75, 3.05) is 0 Å². The van der Waals surface area contributed by atoms with E-state index in [1.807, 2.05) is 6.92 Å². The van der Waals surface area contributed by atoms with Crippen LogP contribution in [0, 0.1) is 0 Å². The first kappa shape index (κ1) is 15.2. The van der Waals surface area contributed by atoms with Crippen LogP contribution >= 0.6 is 0 Å². The summed E-state index contributed by atoms with van der Waals surface area (Å²) < 4.78 is 5.95. The van der Waals surface area contributed by atoms with Crippen LogP contribution in [-0.4, -0.2) is 23.4 Å². The first-order valence-corrected chi connectivity index (χ1v) is 6.93. The molecule has 1 saturated heterocycles. The van der Waals surface area contributed by atoms with Crippen LogP contribution in [0.25, 0.3) is 0 Å². The van der Waals surface area contributed by atoms with E-state index in [1.165, 1.54) is 5.57 Å². The molecule has 0 spiro atoms. The zero-order valence-corrected chi connectivity index (χ0v) is 11.7. The van der Waals surface area contributed by atoms with Gasteiger partial charge in [-0.3, -0.25) is 0 Å². The summed E-state index contributed by atoms with van der Waals surface area (Å²) in [6.07, 6.45) is 5.69. The molecule has 2 nitrogen and oxygen atoms in total. The summed E-state index contributed by atoms with van der Waals surface area (Å²) >= 11 is 0. The molecule has 1 rings (SSSR count). The Labute approximate surface area is 111 Å². The molecule has 0 aromatic heterocycles. The second-order valence-electron chi connectivity index (χ2n) is 5.29. The Morgan fingerprint density at radius 3 is 2.89 bits per heavy atom. The highest BCUT2D eigenvalue weighted by molar-refractivity contribution is 5.09. The minimum atomic E-state index is -0.319. The zero-order chi connectivity index (χ0) is 13.5. The molecule has 18 heavy (non-hydrogen) atoms. The van der Waals surface area contributed by atoms with Crippen LogP contribution in [0.3, 0.4) is 0 Å². The molecule has 1 N–H and O–H groups in total. The summed E-state index contributed by atoms with van der Waals surface area (Å²) in [5.74, 6) is 0. The van der Waals surface area contributed by atoms with Crippen LogP contribution in [-0.2, 0) is 4.74 Å². The van der Waals surface area contributed by atoms with Crippen molar-refractivity contribution in [3.05, 3.63) is 30.0 Å². The molecule has 102 valence electrons. The van der Waals surface area contributed by atoms with Gasteiger partial charge in [0.05, 0.1) is 18.3 Å². The smallest absolute Gasteiger partial charge is 0.0788 e. The maximum atomic E-state index is 9.89. The van der Waals surface area contributed by atoms with E-state index in [0.717, 1.165) is 37.7 Å². The predicted molar refractivity (Wildman–Crippen MR) is 75.5 cm³/mol. The third kappa shape index (κ3) is 4.81. The fraction of sp³-hybridized carbons (Fsp3) is 0.688. The molecule has 0 bridgehead atoms. The van der Waals surface area contributed by atoms with Crippen LogP contribution in [0.5, 0.6) is 0 Å². The molecule has 0 saturated carbocycles. The van der Waals surface area contributed by atoms with Crippen LogP contribution < -0.4 is 0 Å². The van der Waals surface area contributed by atoms with Crippen molar-refractivity contribution in [3.8, 4) is 0 Å². The van der Waals surface area contributed by atoms with Gasteiger partial charge < -0.3 is 9.84 Å². The van der Waals surface area contributed by atoms with E-state index in [4.69, 9.17) is 4.74 Å². The fourth-order valence-electron chi connectivity index (χ4n) is 2.44. The standard InChI is InChI=1S/C16H26O2/c1-5-7-15-11-13(4)16(18-15)9-8-14(17)10-12(3)6-2/h14-17H,2,4-5,7-11H2,1,3H3/t14-,15-,16-/m0/s1. The van der Waals surface area contributed by atoms with Gasteiger partial charge in [-0.15, -0.1) is 5.73 Å². The van der Waals surface area contributed by atoms with E-state index < -0.39 is 0 Å². The van der Waals surface area contributed by atoms with Gasteiger partial charge in [0, 0.05) is 6.42 Å². The zero-order valence-electron chi connectivity index (χ0n) is 11.7.